The van der Waals surface area contributed by atoms with Gasteiger partial charge in [0.15, 0.2) is 5.83 Å². The number of hydrogen-bond donors (Lipinski definition) is 1. The average molecular weight is 306 g/mol. The van der Waals surface area contributed by atoms with Crippen molar-refractivity contribution in [2.24, 2.45) is 0 Å². The fourth-order valence-corrected chi connectivity index (χ4v) is 1.39. The van der Waals surface area contributed by atoms with Crippen molar-refractivity contribution in [1.29, 1.82) is 0 Å². The Balaban J connectivity index is 3.34. The van der Waals surface area contributed by atoms with Crippen molar-refractivity contribution in [3.63, 3.8) is 0 Å². The Morgan fingerprint density at radius 1 is 0.950 bits per heavy atom. The lowest BCUT2D eigenvalue weighted by Crippen LogP contribution is -2.16. The van der Waals surface area contributed by atoms with E-state index >= 15 is 0 Å². The summed E-state index contributed by atoms with van der Waals surface area (Å²) < 4.78 is 99.0. The maximum Gasteiger partial charge on any atom is 0.445 e. The predicted molar refractivity (Wildman–Crippen MR) is 51.7 cm³/mol. The van der Waals surface area contributed by atoms with Gasteiger partial charge in [-0.2, -0.15) is 30.7 Å². The highest BCUT2D eigenvalue weighted by Gasteiger charge is 2.42. The molecule has 0 heterocycles. The first-order valence-electron chi connectivity index (χ1n) is 4.92. The van der Waals surface area contributed by atoms with Crippen LogP contribution in [-0.4, -0.2) is 11.3 Å². The number of hydrogen-bond acceptors (Lipinski definition) is 1. The van der Waals surface area contributed by atoms with Gasteiger partial charge in [-0.3, -0.25) is 0 Å². The maximum absolute atomic E-state index is 13.1. The van der Waals surface area contributed by atoms with E-state index in [-0.39, 0.29) is 0 Å². The van der Waals surface area contributed by atoms with Gasteiger partial charge in [-0.25, -0.2) is 4.39 Å². The van der Waals surface area contributed by atoms with Crippen molar-refractivity contribution in [3.05, 3.63) is 47.0 Å². The van der Waals surface area contributed by atoms with E-state index in [1.165, 1.54) is 0 Å². The van der Waals surface area contributed by atoms with Crippen molar-refractivity contribution >= 4 is 0 Å². The standard InChI is InChI=1S/C11H6F8O/c12-7(9(13)11(17,18)19)8(20)5-3-1-2-4-6(5)10(14,15)16/h1-4,8,20H/b9-7+. The summed E-state index contributed by atoms with van der Waals surface area (Å²) in [6.07, 6.45) is -13.8. The van der Waals surface area contributed by atoms with Crippen LogP contribution >= 0.6 is 0 Å². The van der Waals surface area contributed by atoms with Gasteiger partial charge in [0.05, 0.1) is 5.56 Å². The molecule has 0 radical (unpaired) electrons. The zero-order valence-electron chi connectivity index (χ0n) is 9.36. The summed E-state index contributed by atoms with van der Waals surface area (Å²) in [6, 6.07) is 2.81. The molecule has 0 spiro atoms. The highest BCUT2D eigenvalue weighted by Crippen LogP contribution is 2.40. The lowest BCUT2D eigenvalue weighted by Gasteiger charge is -2.17. The highest BCUT2D eigenvalue weighted by atomic mass is 19.4. The lowest BCUT2D eigenvalue weighted by atomic mass is 10.0. The van der Waals surface area contributed by atoms with Crippen LogP contribution in [0.4, 0.5) is 35.1 Å². The molecule has 0 aromatic heterocycles. The number of aliphatic hydroxyl groups is 1. The van der Waals surface area contributed by atoms with E-state index in [2.05, 4.69) is 0 Å². The number of benzene rings is 1. The highest BCUT2D eigenvalue weighted by molar-refractivity contribution is 5.35. The molecule has 1 aromatic rings. The van der Waals surface area contributed by atoms with Gasteiger partial charge in [0.2, 0.25) is 5.83 Å². The number of aliphatic hydroxyl groups excluding tert-OH is 1. The fraction of sp³-hybridized carbons (Fsp3) is 0.273. The zero-order chi connectivity index (χ0) is 15.7. The van der Waals surface area contributed by atoms with E-state index in [9.17, 15) is 40.2 Å². The molecule has 1 aromatic carbocycles. The molecule has 112 valence electrons. The minimum atomic E-state index is -5.74. The van der Waals surface area contributed by atoms with Crippen LogP contribution in [0.3, 0.4) is 0 Å². The Morgan fingerprint density at radius 3 is 1.90 bits per heavy atom. The van der Waals surface area contributed by atoms with Gasteiger partial charge in [0.1, 0.15) is 6.10 Å². The van der Waals surface area contributed by atoms with E-state index < -0.39 is 41.2 Å². The molecule has 0 saturated heterocycles. The quantitative estimate of drug-likeness (QED) is 0.800. The monoisotopic (exact) mass is 306 g/mol. The van der Waals surface area contributed by atoms with Gasteiger partial charge in [-0.05, 0) is 11.6 Å². The second-order valence-electron chi connectivity index (χ2n) is 3.65. The molecule has 0 aliphatic rings. The summed E-state index contributed by atoms with van der Waals surface area (Å²) in [6.45, 7) is 0. The molecule has 0 aliphatic carbocycles. The normalized spacial score (nSPS) is 15.8. The minimum absolute atomic E-state index is 0.428. The Hall–Kier alpha value is -1.64. The van der Waals surface area contributed by atoms with E-state index in [0.717, 1.165) is 12.1 Å². The second kappa shape index (κ2) is 5.39. The molecule has 1 atom stereocenters. The molecule has 0 bridgehead atoms. The molecule has 0 saturated carbocycles. The number of allylic oxidation sites excluding steroid dienone is 1. The summed E-state index contributed by atoms with van der Waals surface area (Å²) in [5.74, 6) is -6.00. The minimum Gasteiger partial charge on any atom is -0.381 e. The number of halogens is 8. The van der Waals surface area contributed by atoms with Crippen LogP contribution in [0, 0.1) is 0 Å². The molecule has 0 amide bonds. The van der Waals surface area contributed by atoms with Crippen LogP contribution in [0.1, 0.15) is 17.2 Å². The Bertz CT molecular complexity index is 514. The molecular formula is C11H6F8O. The first-order valence-corrected chi connectivity index (χ1v) is 4.92. The molecule has 0 fully saturated rings. The molecular weight excluding hydrogens is 300 g/mol. The summed E-state index contributed by atoms with van der Waals surface area (Å²) in [4.78, 5) is 0. The second-order valence-corrected chi connectivity index (χ2v) is 3.65. The van der Waals surface area contributed by atoms with E-state index in [0.29, 0.717) is 12.1 Å². The van der Waals surface area contributed by atoms with Crippen molar-refractivity contribution in [1.82, 2.24) is 0 Å². The van der Waals surface area contributed by atoms with Crippen molar-refractivity contribution < 1.29 is 40.2 Å². The van der Waals surface area contributed by atoms with Crippen LogP contribution in [0.2, 0.25) is 0 Å². The third kappa shape index (κ3) is 3.47. The van der Waals surface area contributed by atoms with Gasteiger partial charge in [-0.15, -0.1) is 0 Å². The van der Waals surface area contributed by atoms with Crippen molar-refractivity contribution in [3.8, 4) is 0 Å². The molecule has 1 rings (SSSR count). The van der Waals surface area contributed by atoms with Gasteiger partial charge in [-0.1, -0.05) is 18.2 Å². The van der Waals surface area contributed by atoms with Gasteiger partial charge in [0.25, 0.3) is 0 Å². The zero-order valence-corrected chi connectivity index (χ0v) is 9.36. The Labute approximate surface area is 107 Å². The van der Waals surface area contributed by atoms with Gasteiger partial charge >= 0.3 is 12.4 Å². The van der Waals surface area contributed by atoms with Gasteiger partial charge in [0, 0.05) is 0 Å². The molecule has 1 nitrogen and oxygen atoms in total. The van der Waals surface area contributed by atoms with Gasteiger partial charge < -0.3 is 5.11 Å². The molecule has 1 N–H and O–H groups in total. The van der Waals surface area contributed by atoms with Crippen molar-refractivity contribution in [2.75, 3.05) is 0 Å². The van der Waals surface area contributed by atoms with E-state index in [1.807, 2.05) is 0 Å². The van der Waals surface area contributed by atoms with Crippen LogP contribution in [0.5, 0.6) is 0 Å². The summed E-state index contributed by atoms with van der Waals surface area (Å²) in [7, 11) is 0. The Kier molecular flexibility index (Phi) is 4.42. The SMILES string of the molecule is OC(/C(F)=C(\F)C(F)(F)F)c1ccccc1C(F)(F)F. The maximum atomic E-state index is 13.1. The first-order chi connectivity index (χ1) is 8.96. The van der Waals surface area contributed by atoms with Crippen molar-refractivity contribution in [2.45, 2.75) is 18.5 Å². The van der Waals surface area contributed by atoms with Crippen LogP contribution in [0.15, 0.2) is 35.9 Å². The third-order valence-electron chi connectivity index (χ3n) is 2.26. The molecule has 1 unspecified atom stereocenters. The number of alkyl halides is 6. The molecule has 0 aliphatic heterocycles. The largest absolute Gasteiger partial charge is 0.445 e. The molecule has 9 heteroatoms. The third-order valence-corrected chi connectivity index (χ3v) is 2.26. The summed E-state index contributed by atoms with van der Waals surface area (Å²) in [5, 5.41) is 9.19. The lowest BCUT2D eigenvalue weighted by molar-refractivity contribution is -0.139. The van der Waals surface area contributed by atoms with E-state index in [1.54, 1.807) is 0 Å². The summed E-state index contributed by atoms with van der Waals surface area (Å²) in [5.41, 5.74) is -2.77. The first kappa shape index (κ1) is 16.4. The van der Waals surface area contributed by atoms with E-state index in [4.69, 9.17) is 0 Å². The van der Waals surface area contributed by atoms with Crippen LogP contribution in [0.25, 0.3) is 0 Å². The predicted octanol–water partition coefficient (Wildman–Crippen LogP) is 4.45. The summed E-state index contributed by atoms with van der Waals surface area (Å²) >= 11 is 0. The number of rotatable bonds is 2. The Morgan fingerprint density at radius 2 is 1.45 bits per heavy atom. The topological polar surface area (TPSA) is 20.2 Å². The van der Waals surface area contributed by atoms with Crippen LogP contribution < -0.4 is 0 Å². The molecule has 20 heavy (non-hydrogen) atoms. The van der Waals surface area contributed by atoms with Crippen LogP contribution in [-0.2, 0) is 6.18 Å². The fourth-order valence-electron chi connectivity index (χ4n) is 1.39. The average Bonchev–Trinajstić information content (AvgIpc) is 2.34. The smallest absolute Gasteiger partial charge is 0.381 e.